The van der Waals surface area contributed by atoms with Crippen molar-refractivity contribution in [1.82, 2.24) is 0 Å². The Balaban J connectivity index is 1.83. The highest BCUT2D eigenvalue weighted by atomic mass is 16.6. The predicted octanol–water partition coefficient (Wildman–Crippen LogP) is 3.30. The Morgan fingerprint density at radius 3 is 2.62 bits per heavy atom. The van der Waals surface area contributed by atoms with E-state index in [1.165, 1.54) is 0 Å². The molecule has 0 aliphatic carbocycles. The van der Waals surface area contributed by atoms with E-state index in [1.54, 1.807) is 6.08 Å². The molecule has 0 bridgehead atoms. The Morgan fingerprint density at radius 2 is 1.90 bits per heavy atom. The van der Waals surface area contributed by atoms with Crippen LogP contribution in [0.2, 0.25) is 0 Å². The van der Waals surface area contributed by atoms with Crippen molar-refractivity contribution in [2.24, 2.45) is 5.73 Å². The molecule has 0 amide bonds. The van der Waals surface area contributed by atoms with Gasteiger partial charge in [0.2, 0.25) is 0 Å². The van der Waals surface area contributed by atoms with Crippen molar-refractivity contribution in [2.45, 2.75) is 24.7 Å². The molecule has 0 fully saturated rings. The molecule has 0 radical (unpaired) electrons. The molecule has 0 saturated heterocycles. The Morgan fingerprint density at radius 1 is 1.19 bits per heavy atom. The van der Waals surface area contributed by atoms with Crippen molar-refractivity contribution in [1.29, 1.82) is 0 Å². The summed E-state index contributed by atoms with van der Waals surface area (Å²) in [6.07, 6.45) is 2.80. The van der Waals surface area contributed by atoms with Crippen molar-refractivity contribution >= 4 is 0 Å². The lowest BCUT2D eigenvalue weighted by Gasteiger charge is -2.34. The first kappa shape index (κ1) is 13.7. The summed E-state index contributed by atoms with van der Waals surface area (Å²) in [4.78, 5) is 0. The van der Waals surface area contributed by atoms with Crippen LogP contribution in [0.3, 0.4) is 0 Å². The van der Waals surface area contributed by atoms with E-state index < -0.39 is 5.72 Å². The fourth-order valence-corrected chi connectivity index (χ4v) is 2.63. The van der Waals surface area contributed by atoms with Gasteiger partial charge in [0, 0.05) is 12.8 Å². The smallest absolute Gasteiger partial charge is 0.199 e. The lowest BCUT2D eigenvalue weighted by atomic mass is 9.98. The predicted molar refractivity (Wildman–Crippen MR) is 83.4 cm³/mol. The number of hydrogen-bond acceptors (Lipinski definition) is 3. The third-order valence-electron chi connectivity index (χ3n) is 3.71. The fourth-order valence-electron chi connectivity index (χ4n) is 2.63. The number of fused-ring (bicyclic) bond motifs is 1. The molecule has 1 heterocycles. The molecule has 0 spiro atoms. The first-order valence-electron chi connectivity index (χ1n) is 7.10. The Kier molecular flexibility index (Phi) is 3.67. The second-order valence-corrected chi connectivity index (χ2v) is 5.28. The molecule has 21 heavy (non-hydrogen) atoms. The number of hydrogen-bond donors (Lipinski definition) is 1. The van der Waals surface area contributed by atoms with Crippen molar-refractivity contribution in [3.63, 3.8) is 0 Å². The van der Waals surface area contributed by atoms with Gasteiger partial charge in [-0.3, -0.25) is 5.73 Å². The van der Waals surface area contributed by atoms with Crippen LogP contribution in [0.25, 0.3) is 0 Å². The van der Waals surface area contributed by atoms with E-state index in [-0.39, 0.29) is 6.10 Å². The SMILES string of the molecule is C=CCC(N)(Oc1ccccc1)C1Cc2ccccc2O1. The summed E-state index contributed by atoms with van der Waals surface area (Å²) in [5, 5.41) is 0. The van der Waals surface area contributed by atoms with Crippen LogP contribution in [0.15, 0.2) is 67.3 Å². The van der Waals surface area contributed by atoms with Gasteiger partial charge in [0.1, 0.15) is 11.5 Å². The minimum Gasteiger partial charge on any atom is -0.484 e. The van der Waals surface area contributed by atoms with Gasteiger partial charge in [-0.2, -0.15) is 0 Å². The van der Waals surface area contributed by atoms with Crippen LogP contribution >= 0.6 is 0 Å². The lowest BCUT2D eigenvalue weighted by Crippen LogP contribution is -2.57. The average Bonchev–Trinajstić information content (AvgIpc) is 2.93. The molecule has 2 aromatic rings. The molecular formula is C18H19NO2. The number of ether oxygens (including phenoxy) is 2. The molecule has 0 aromatic heterocycles. The number of nitrogens with two attached hydrogens (primary N) is 1. The van der Waals surface area contributed by atoms with Crippen LogP contribution in [0.4, 0.5) is 0 Å². The topological polar surface area (TPSA) is 44.5 Å². The van der Waals surface area contributed by atoms with Gasteiger partial charge in [-0.1, -0.05) is 42.5 Å². The van der Waals surface area contributed by atoms with Crippen LogP contribution in [-0.4, -0.2) is 11.8 Å². The highest BCUT2D eigenvalue weighted by Crippen LogP contribution is 2.34. The first-order valence-corrected chi connectivity index (χ1v) is 7.10. The van der Waals surface area contributed by atoms with E-state index in [1.807, 2.05) is 48.5 Å². The maximum absolute atomic E-state index is 6.51. The molecule has 3 heteroatoms. The Labute approximate surface area is 125 Å². The van der Waals surface area contributed by atoms with Crippen molar-refractivity contribution in [3.05, 3.63) is 72.8 Å². The molecule has 1 aliphatic heterocycles. The second-order valence-electron chi connectivity index (χ2n) is 5.28. The zero-order valence-corrected chi connectivity index (χ0v) is 11.9. The van der Waals surface area contributed by atoms with Crippen molar-refractivity contribution in [2.75, 3.05) is 0 Å². The summed E-state index contributed by atoms with van der Waals surface area (Å²) in [6.45, 7) is 3.79. The minimum absolute atomic E-state index is 0.229. The van der Waals surface area contributed by atoms with Crippen LogP contribution in [0.5, 0.6) is 11.5 Å². The molecule has 3 nitrogen and oxygen atoms in total. The standard InChI is InChI=1S/C18H19NO2/c1-2-12-18(19,21-15-9-4-3-5-10-15)17-13-14-8-6-7-11-16(14)20-17/h2-11,17H,1,12-13,19H2. The van der Waals surface area contributed by atoms with Gasteiger partial charge < -0.3 is 9.47 Å². The van der Waals surface area contributed by atoms with E-state index >= 15 is 0 Å². The van der Waals surface area contributed by atoms with Gasteiger partial charge >= 0.3 is 0 Å². The number of rotatable bonds is 5. The summed E-state index contributed by atoms with van der Waals surface area (Å²) >= 11 is 0. The van der Waals surface area contributed by atoms with Crippen LogP contribution in [0, 0.1) is 0 Å². The van der Waals surface area contributed by atoms with Crippen LogP contribution < -0.4 is 15.2 Å². The zero-order chi connectivity index (χ0) is 14.7. The molecular weight excluding hydrogens is 262 g/mol. The van der Waals surface area contributed by atoms with Crippen molar-refractivity contribution in [3.8, 4) is 11.5 Å². The van der Waals surface area contributed by atoms with Gasteiger partial charge in [0.25, 0.3) is 0 Å². The van der Waals surface area contributed by atoms with Gasteiger partial charge in [-0.25, -0.2) is 0 Å². The molecule has 1 aliphatic rings. The van der Waals surface area contributed by atoms with Gasteiger partial charge in [-0.05, 0) is 23.8 Å². The van der Waals surface area contributed by atoms with Crippen molar-refractivity contribution < 1.29 is 9.47 Å². The largest absolute Gasteiger partial charge is 0.484 e. The zero-order valence-electron chi connectivity index (χ0n) is 11.9. The first-order chi connectivity index (χ1) is 10.2. The van der Waals surface area contributed by atoms with E-state index in [9.17, 15) is 0 Å². The maximum atomic E-state index is 6.51. The summed E-state index contributed by atoms with van der Waals surface area (Å²) in [5.74, 6) is 1.62. The lowest BCUT2D eigenvalue weighted by molar-refractivity contribution is -0.0241. The van der Waals surface area contributed by atoms with E-state index in [0.29, 0.717) is 6.42 Å². The van der Waals surface area contributed by atoms with Gasteiger partial charge in [0.15, 0.2) is 11.8 Å². The molecule has 3 rings (SSSR count). The quantitative estimate of drug-likeness (QED) is 0.675. The average molecular weight is 281 g/mol. The summed E-state index contributed by atoms with van der Waals surface area (Å²) in [6, 6.07) is 17.6. The summed E-state index contributed by atoms with van der Waals surface area (Å²) in [7, 11) is 0. The minimum atomic E-state index is -0.928. The van der Waals surface area contributed by atoms with E-state index in [2.05, 4.69) is 12.6 Å². The van der Waals surface area contributed by atoms with Gasteiger partial charge in [0.05, 0.1) is 0 Å². The molecule has 2 unspecified atom stereocenters. The number of para-hydroxylation sites is 2. The highest BCUT2D eigenvalue weighted by molar-refractivity contribution is 5.38. The van der Waals surface area contributed by atoms with Crippen LogP contribution in [-0.2, 0) is 6.42 Å². The molecule has 2 aromatic carbocycles. The Hall–Kier alpha value is -2.26. The monoisotopic (exact) mass is 281 g/mol. The third kappa shape index (κ3) is 2.78. The highest BCUT2D eigenvalue weighted by Gasteiger charge is 2.42. The molecule has 2 N–H and O–H groups in total. The summed E-state index contributed by atoms with van der Waals surface area (Å²) in [5.41, 5.74) is 6.74. The normalized spacial score (nSPS) is 19.2. The Bertz CT molecular complexity index is 601. The molecule has 0 saturated carbocycles. The van der Waals surface area contributed by atoms with E-state index in [0.717, 1.165) is 23.5 Å². The van der Waals surface area contributed by atoms with Crippen LogP contribution in [0.1, 0.15) is 12.0 Å². The van der Waals surface area contributed by atoms with E-state index in [4.69, 9.17) is 15.2 Å². The molecule has 108 valence electrons. The number of benzene rings is 2. The van der Waals surface area contributed by atoms with Gasteiger partial charge in [-0.15, -0.1) is 6.58 Å². The maximum Gasteiger partial charge on any atom is 0.199 e. The summed E-state index contributed by atoms with van der Waals surface area (Å²) < 4.78 is 12.0. The second kappa shape index (κ2) is 5.62. The third-order valence-corrected chi connectivity index (χ3v) is 3.71. The fraction of sp³-hybridized carbons (Fsp3) is 0.222. The molecule has 2 atom stereocenters.